The maximum Gasteiger partial charge on any atom is 0.415 e. The Bertz CT molecular complexity index is 3450. The number of urea groups is 1. The molecule has 0 radical (unpaired) electrons. The van der Waals surface area contributed by atoms with Crippen LogP contribution in [-0.2, 0) is 35.3 Å². The highest BCUT2D eigenvalue weighted by atomic mass is 35.5. The van der Waals surface area contributed by atoms with E-state index in [2.05, 4.69) is 20.5 Å². The van der Waals surface area contributed by atoms with Crippen LogP contribution in [0.25, 0.3) is 21.0 Å². The molecule has 3 atom stereocenters. The summed E-state index contributed by atoms with van der Waals surface area (Å²) in [4.78, 5) is 132. The fourth-order valence-electron chi connectivity index (χ4n) is 11.7. The van der Waals surface area contributed by atoms with Gasteiger partial charge in [-0.3, -0.25) is 38.6 Å². The average molecular weight is 1260 g/mol. The first-order chi connectivity index (χ1) is 42.5. The van der Waals surface area contributed by atoms with Gasteiger partial charge in [0.2, 0.25) is 11.8 Å². The summed E-state index contributed by atoms with van der Waals surface area (Å²) >= 11 is 8.08. The number of halogens is 1. The second-order valence-electron chi connectivity index (χ2n) is 24.3. The molecular weight excluding hydrogens is 1180 g/mol. The summed E-state index contributed by atoms with van der Waals surface area (Å²) in [6, 6.07) is 12.0. The van der Waals surface area contributed by atoms with Crippen molar-refractivity contribution in [3.05, 3.63) is 94.5 Å². The molecule has 5 aromatic rings. The first-order valence-corrected chi connectivity index (χ1v) is 31.7. The molecule has 89 heavy (non-hydrogen) atoms. The second kappa shape index (κ2) is 30.0. The van der Waals surface area contributed by atoms with Crippen molar-refractivity contribution in [3.63, 3.8) is 0 Å². The van der Waals surface area contributed by atoms with E-state index in [1.165, 1.54) is 58.3 Å². The van der Waals surface area contributed by atoms with Crippen LogP contribution in [0.15, 0.2) is 72.1 Å². The number of nitrogens with one attached hydrogen (secondary N) is 3. The molecule has 3 aromatic carbocycles. The predicted octanol–water partition coefficient (Wildman–Crippen LogP) is 8.14. The van der Waals surface area contributed by atoms with Gasteiger partial charge in [-0.1, -0.05) is 46.2 Å². The molecule has 2 aromatic heterocycles. The van der Waals surface area contributed by atoms with E-state index in [9.17, 15) is 43.2 Å². The van der Waals surface area contributed by atoms with E-state index < -0.39 is 59.4 Å². The number of unbranched alkanes of at least 4 members (excludes halogenated alkanes) is 2. The molecule has 478 valence electrons. The largest absolute Gasteiger partial charge is 0.492 e. The monoisotopic (exact) mass is 1260 g/mol. The summed E-state index contributed by atoms with van der Waals surface area (Å²) in [6.07, 6.45) is 5.50. The Balaban J connectivity index is 0.836. The van der Waals surface area contributed by atoms with Crippen molar-refractivity contribution in [1.29, 1.82) is 0 Å². The summed E-state index contributed by atoms with van der Waals surface area (Å²) in [6.45, 7) is 13.8. The van der Waals surface area contributed by atoms with Gasteiger partial charge < -0.3 is 56.0 Å². The third-order valence-corrected chi connectivity index (χ3v) is 17.6. The van der Waals surface area contributed by atoms with E-state index in [1.807, 2.05) is 50.4 Å². The molecule has 0 spiro atoms. The van der Waals surface area contributed by atoms with Crippen LogP contribution in [0.5, 0.6) is 11.5 Å². The number of carbonyl (C=O) groups excluding carboxylic acids is 9. The summed E-state index contributed by atoms with van der Waals surface area (Å²) in [5, 5.41) is 9.19. The van der Waals surface area contributed by atoms with Crippen LogP contribution in [-0.4, -0.2) is 169 Å². The molecule has 1 saturated heterocycles. The maximum atomic E-state index is 14.5. The Morgan fingerprint density at radius 1 is 0.876 bits per heavy atom. The summed E-state index contributed by atoms with van der Waals surface area (Å²) in [7, 11) is 3.19. The zero-order valence-electron chi connectivity index (χ0n) is 51.7. The Labute approximate surface area is 527 Å². The smallest absolute Gasteiger partial charge is 0.415 e. The number of carbonyl (C=O) groups is 9. The van der Waals surface area contributed by atoms with Crippen molar-refractivity contribution in [2.24, 2.45) is 22.8 Å². The van der Waals surface area contributed by atoms with Gasteiger partial charge in [-0.25, -0.2) is 19.3 Å². The van der Waals surface area contributed by atoms with Gasteiger partial charge in [0, 0.05) is 105 Å². The van der Waals surface area contributed by atoms with Crippen LogP contribution in [0.3, 0.4) is 0 Å². The van der Waals surface area contributed by atoms with Crippen LogP contribution in [0.1, 0.15) is 112 Å². The predicted molar refractivity (Wildman–Crippen MR) is 341 cm³/mol. The molecule has 2 unspecified atom stereocenters. The van der Waals surface area contributed by atoms with Crippen molar-refractivity contribution < 1.29 is 57.4 Å². The zero-order chi connectivity index (χ0) is 64.3. The fourth-order valence-corrected chi connectivity index (χ4v) is 13.0. The van der Waals surface area contributed by atoms with Gasteiger partial charge in [0.1, 0.15) is 36.7 Å². The molecule has 25 heteroatoms. The van der Waals surface area contributed by atoms with Gasteiger partial charge in [-0.15, -0.1) is 22.9 Å². The number of ether oxygens (including phenoxy) is 3. The minimum Gasteiger partial charge on any atom is -0.492 e. The first-order valence-electron chi connectivity index (χ1n) is 30.2. The number of aromatic amines is 1. The molecule has 5 heterocycles. The molecule has 0 bridgehead atoms. The molecule has 3 aliphatic heterocycles. The van der Waals surface area contributed by atoms with Gasteiger partial charge in [-0.05, 0) is 129 Å². The number of anilines is 2. The number of rotatable bonds is 28. The lowest BCUT2D eigenvalue weighted by atomic mass is 9.92. The van der Waals surface area contributed by atoms with Crippen molar-refractivity contribution in [1.82, 2.24) is 35.2 Å². The molecule has 10 amide bonds. The number of nitrogens with two attached hydrogens (primary N) is 2. The number of likely N-dealkylation sites (tertiary alicyclic amines) is 1. The van der Waals surface area contributed by atoms with Crippen molar-refractivity contribution in [2.75, 3.05) is 88.7 Å². The van der Waals surface area contributed by atoms with E-state index in [0.717, 1.165) is 67.3 Å². The SMILES string of the molecule is Cc1csc2c(OC(=O)N(C)CC(C)(C)CN(C)C(=O)OCc3ccc(N(C(N)=O)C(=O)C(CCCN)NC(=O)C(NC(=O)CCCCCN4C(=O)C=CC4=O)C(C)C)cc3)cc3c(c12)[C@H](CCl)CN3C(=O)c1cc2cc(OCCN3CCCC3)ccc2[nH]1. The summed E-state index contributed by atoms with van der Waals surface area (Å²) in [5.74, 6) is -2.13. The number of fused-ring (bicyclic) bond motifs is 4. The van der Waals surface area contributed by atoms with Gasteiger partial charge >= 0.3 is 18.2 Å². The Hall–Kier alpha value is -8.06. The lowest BCUT2D eigenvalue weighted by Gasteiger charge is -2.33. The van der Waals surface area contributed by atoms with E-state index in [1.54, 1.807) is 51.0 Å². The molecule has 7 N–H and O–H groups in total. The number of aryl methyl sites for hydroxylation is 1. The van der Waals surface area contributed by atoms with Crippen molar-refractivity contribution in [3.8, 4) is 11.5 Å². The maximum absolute atomic E-state index is 14.5. The Kier molecular flexibility index (Phi) is 22.5. The molecule has 1 fully saturated rings. The van der Waals surface area contributed by atoms with Crippen LogP contribution >= 0.6 is 22.9 Å². The topological polar surface area (TPSA) is 293 Å². The van der Waals surface area contributed by atoms with Gasteiger partial charge in [-0.2, -0.15) is 0 Å². The summed E-state index contributed by atoms with van der Waals surface area (Å²) in [5.41, 5.74) is 15.2. The van der Waals surface area contributed by atoms with E-state index >= 15 is 0 Å². The molecule has 8 rings (SSSR count). The van der Waals surface area contributed by atoms with Gasteiger partial charge in [0.15, 0.2) is 5.75 Å². The number of hydrogen-bond donors (Lipinski definition) is 5. The highest BCUT2D eigenvalue weighted by Crippen LogP contribution is 2.49. The van der Waals surface area contributed by atoms with E-state index in [0.29, 0.717) is 61.5 Å². The number of hydrogen-bond acceptors (Lipinski definition) is 15. The van der Waals surface area contributed by atoms with Crippen molar-refractivity contribution >= 4 is 109 Å². The normalized spacial score (nSPS) is 15.6. The van der Waals surface area contributed by atoms with E-state index in [-0.39, 0.29) is 80.8 Å². The number of thiophene rings is 1. The quantitative estimate of drug-likeness (QED) is 0.0180. The summed E-state index contributed by atoms with van der Waals surface area (Å²) < 4.78 is 18.7. The van der Waals surface area contributed by atoms with Gasteiger partial charge in [0.25, 0.3) is 23.6 Å². The number of imide groups is 2. The third-order valence-electron chi connectivity index (χ3n) is 16.2. The number of alkyl halides is 1. The van der Waals surface area contributed by atoms with Crippen LogP contribution < -0.4 is 41.4 Å². The molecule has 0 aliphatic carbocycles. The minimum absolute atomic E-state index is 0.0539. The molecule has 3 aliphatic rings. The average Bonchev–Trinajstić information content (AvgIpc) is 1.63. The number of H-pyrrole nitrogens is 1. The first kappa shape index (κ1) is 66.9. The van der Waals surface area contributed by atoms with E-state index in [4.69, 9.17) is 37.3 Å². The standard InChI is InChI=1S/C64H82ClN11O12S/c1-39(2)56(70-51(77)15-9-8-10-27-74-52(78)22-23-53(74)79)58(80)69-47(14-13-24-66)60(82)76(61(67)83)44-18-16-41(17-19-44)35-87-62(84)71(6)37-64(4,5)38-72(7)63(85)88-50-32-49-55(54-40(3)36-89-57(50)54)43(33-65)34-75(49)59(81)48-31-42-30-45(20-21-46(42)68-48)86-29-28-73-25-11-12-26-73/h16-23,30-32,36,39,43,47,56,68H,8-15,24-29,33-35,37-38,66H2,1-7H3,(H2,67,83)(H,69,80)(H,70,77)/t43-,47?,56?/m1/s1. The van der Waals surface area contributed by atoms with Gasteiger partial charge in [0.05, 0.1) is 16.1 Å². The third kappa shape index (κ3) is 16.6. The Morgan fingerprint density at radius 2 is 1.57 bits per heavy atom. The number of amides is 10. The molecule has 0 saturated carbocycles. The van der Waals surface area contributed by atoms with Crippen LogP contribution in [0.2, 0.25) is 0 Å². The lowest BCUT2D eigenvalue weighted by Crippen LogP contribution is -2.57. The highest BCUT2D eigenvalue weighted by molar-refractivity contribution is 7.17. The molecular formula is C64H82ClN11O12S. The second-order valence-corrected chi connectivity index (χ2v) is 25.4. The minimum atomic E-state index is -1.25. The number of nitrogens with zero attached hydrogens (tertiary/aromatic N) is 6. The van der Waals surface area contributed by atoms with Crippen molar-refractivity contribution in [2.45, 2.75) is 111 Å². The highest BCUT2D eigenvalue weighted by Gasteiger charge is 2.38. The Morgan fingerprint density at radius 3 is 2.24 bits per heavy atom. The fraction of sp³-hybridized carbons (Fsp3) is 0.484. The molecule has 23 nitrogen and oxygen atoms in total. The zero-order valence-corrected chi connectivity index (χ0v) is 53.3. The number of primary amides is 1. The lowest BCUT2D eigenvalue weighted by molar-refractivity contribution is -0.137. The van der Waals surface area contributed by atoms with Crippen LogP contribution in [0, 0.1) is 18.3 Å². The number of aromatic nitrogens is 1. The number of benzene rings is 3. The van der Waals surface area contributed by atoms with Crippen LogP contribution in [0.4, 0.5) is 25.8 Å².